The van der Waals surface area contributed by atoms with Gasteiger partial charge in [0.05, 0.1) is 11.3 Å². The molecule has 1 aliphatic rings. The van der Waals surface area contributed by atoms with Crippen LogP contribution in [0.5, 0.6) is 0 Å². The lowest BCUT2D eigenvalue weighted by Crippen LogP contribution is -2.38. The van der Waals surface area contributed by atoms with Crippen molar-refractivity contribution in [2.75, 3.05) is 18.0 Å². The van der Waals surface area contributed by atoms with Gasteiger partial charge in [-0.15, -0.1) is 0 Å². The largest absolute Gasteiger partial charge is 0.478 e. The standard InChI is InChI=1S/C15H21NO2/c1-11-5-4-6-12(14(17)18)13(11)16-9-7-15(2,3)8-10-16/h4-6H,7-10H2,1-3H3,(H,17,18). The molecule has 2 rings (SSSR count). The van der Waals surface area contributed by atoms with Gasteiger partial charge in [0.15, 0.2) is 0 Å². The quantitative estimate of drug-likeness (QED) is 0.871. The Labute approximate surface area is 108 Å². The van der Waals surface area contributed by atoms with Gasteiger partial charge in [-0.05, 0) is 36.8 Å². The zero-order valence-corrected chi connectivity index (χ0v) is 11.4. The molecule has 1 heterocycles. The Kier molecular flexibility index (Phi) is 3.33. The number of rotatable bonds is 2. The Morgan fingerprint density at radius 3 is 2.44 bits per heavy atom. The average molecular weight is 247 g/mol. The van der Waals surface area contributed by atoms with Crippen LogP contribution in [-0.4, -0.2) is 24.2 Å². The van der Waals surface area contributed by atoms with Crippen LogP contribution in [0.4, 0.5) is 5.69 Å². The number of benzene rings is 1. The predicted octanol–water partition coefficient (Wildman–Crippen LogP) is 3.32. The van der Waals surface area contributed by atoms with Crippen molar-refractivity contribution in [2.45, 2.75) is 33.6 Å². The molecule has 0 bridgehead atoms. The third kappa shape index (κ3) is 2.50. The molecular formula is C15H21NO2. The van der Waals surface area contributed by atoms with E-state index in [0.717, 1.165) is 37.2 Å². The van der Waals surface area contributed by atoms with Gasteiger partial charge < -0.3 is 10.0 Å². The summed E-state index contributed by atoms with van der Waals surface area (Å²) in [6, 6.07) is 5.50. The maximum Gasteiger partial charge on any atom is 0.337 e. The van der Waals surface area contributed by atoms with E-state index in [1.807, 2.05) is 19.1 Å². The molecule has 0 aromatic heterocycles. The van der Waals surface area contributed by atoms with E-state index in [4.69, 9.17) is 0 Å². The van der Waals surface area contributed by atoms with Gasteiger partial charge in [0.25, 0.3) is 0 Å². The Morgan fingerprint density at radius 2 is 1.89 bits per heavy atom. The molecule has 1 fully saturated rings. The van der Waals surface area contributed by atoms with E-state index in [-0.39, 0.29) is 0 Å². The van der Waals surface area contributed by atoms with Gasteiger partial charge in [0.2, 0.25) is 0 Å². The minimum Gasteiger partial charge on any atom is -0.478 e. The molecule has 1 aromatic rings. The zero-order chi connectivity index (χ0) is 13.3. The molecule has 18 heavy (non-hydrogen) atoms. The van der Waals surface area contributed by atoms with E-state index >= 15 is 0 Å². The summed E-state index contributed by atoms with van der Waals surface area (Å²) in [6.07, 6.45) is 2.22. The maximum atomic E-state index is 11.3. The van der Waals surface area contributed by atoms with Crippen LogP contribution >= 0.6 is 0 Å². The number of piperidine rings is 1. The van der Waals surface area contributed by atoms with Gasteiger partial charge in [-0.3, -0.25) is 0 Å². The Morgan fingerprint density at radius 1 is 1.28 bits per heavy atom. The summed E-state index contributed by atoms with van der Waals surface area (Å²) in [7, 11) is 0. The summed E-state index contributed by atoms with van der Waals surface area (Å²) in [4.78, 5) is 13.5. The van der Waals surface area contributed by atoms with E-state index in [1.54, 1.807) is 6.07 Å². The van der Waals surface area contributed by atoms with Crippen LogP contribution in [0.1, 0.15) is 42.6 Å². The molecule has 1 aromatic carbocycles. The Balaban J connectivity index is 2.31. The highest BCUT2D eigenvalue weighted by atomic mass is 16.4. The summed E-state index contributed by atoms with van der Waals surface area (Å²) >= 11 is 0. The first kappa shape index (κ1) is 12.9. The predicted molar refractivity (Wildman–Crippen MR) is 73.4 cm³/mol. The van der Waals surface area contributed by atoms with Gasteiger partial charge in [0.1, 0.15) is 0 Å². The lowest BCUT2D eigenvalue weighted by molar-refractivity contribution is 0.0697. The van der Waals surface area contributed by atoms with E-state index in [0.29, 0.717) is 11.0 Å². The normalized spacial score (nSPS) is 18.7. The van der Waals surface area contributed by atoms with E-state index in [1.165, 1.54) is 0 Å². The zero-order valence-electron chi connectivity index (χ0n) is 11.4. The molecule has 98 valence electrons. The number of carboxylic acid groups (broad SMARTS) is 1. The highest BCUT2D eigenvalue weighted by molar-refractivity contribution is 5.95. The second kappa shape index (κ2) is 4.63. The summed E-state index contributed by atoms with van der Waals surface area (Å²) < 4.78 is 0. The maximum absolute atomic E-state index is 11.3. The topological polar surface area (TPSA) is 40.5 Å². The van der Waals surface area contributed by atoms with Gasteiger partial charge in [-0.1, -0.05) is 26.0 Å². The highest BCUT2D eigenvalue weighted by Crippen LogP contribution is 2.34. The van der Waals surface area contributed by atoms with Crippen LogP contribution in [0.25, 0.3) is 0 Å². The van der Waals surface area contributed by atoms with Crippen LogP contribution in [0.2, 0.25) is 0 Å². The number of hydrogen-bond acceptors (Lipinski definition) is 2. The van der Waals surface area contributed by atoms with Crippen molar-refractivity contribution in [1.29, 1.82) is 0 Å². The number of nitrogens with zero attached hydrogens (tertiary/aromatic N) is 1. The fourth-order valence-electron chi connectivity index (χ4n) is 2.59. The summed E-state index contributed by atoms with van der Waals surface area (Å²) in [5.41, 5.74) is 2.76. The molecule has 0 radical (unpaired) electrons. The van der Waals surface area contributed by atoms with E-state index < -0.39 is 5.97 Å². The number of carboxylic acids is 1. The molecule has 1 saturated heterocycles. The molecule has 0 spiro atoms. The van der Waals surface area contributed by atoms with E-state index in [9.17, 15) is 9.90 Å². The second-order valence-corrected chi connectivity index (χ2v) is 5.93. The van der Waals surface area contributed by atoms with Crippen molar-refractivity contribution in [3.63, 3.8) is 0 Å². The average Bonchev–Trinajstić information content (AvgIpc) is 2.29. The minimum absolute atomic E-state index is 0.378. The van der Waals surface area contributed by atoms with Crippen molar-refractivity contribution in [2.24, 2.45) is 5.41 Å². The summed E-state index contributed by atoms with van der Waals surface area (Å²) in [5.74, 6) is -0.835. The molecule has 0 saturated carbocycles. The lowest BCUT2D eigenvalue weighted by Gasteiger charge is -2.39. The van der Waals surface area contributed by atoms with E-state index in [2.05, 4.69) is 18.7 Å². The first-order chi connectivity index (χ1) is 8.41. The molecule has 0 unspecified atom stereocenters. The first-order valence-electron chi connectivity index (χ1n) is 6.48. The first-order valence-corrected chi connectivity index (χ1v) is 6.48. The second-order valence-electron chi connectivity index (χ2n) is 5.93. The monoisotopic (exact) mass is 247 g/mol. The summed E-state index contributed by atoms with van der Waals surface area (Å²) in [5, 5.41) is 9.30. The third-order valence-electron chi connectivity index (χ3n) is 3.90. The fraction of sp³-hybridized carbons (Fsp3) is 0.533. The molecule has 1 aliphatic heterocycles. The van der Waals surface area contributed by atoms with Gasteiger partial charge in [-0.2, -0.15) is 0 Å². The number of para-hydroxylation sites is 1. The molecule has 1 N–H and O–H groups in total. The lowest BCUT2D eigenvalue weighted by atomic mass is 9.82. The van der Waals surface area contributed by atoms with Crippen LogP contribution in [-0.2, 0) is 0 Å². The van der Waals surface area contributed by atoms with Crippen LogP contribution in [0.15, 0.2) is 18.2 Å². The highest BCUT2D eigenvalue weighted by Gasteiger charge is 2.28. The van der Waals surface area contributed by atoms with Gasteiger partial charge in [-0.25, -0.2) is 4.79 Å². The van der Waals surface area contributed by atoms with Crippen molar-refractivity contribution in [1.82, 2.24) is 0 Å². The van der Waals surface area contributed by atoms with Crippen LogP contribution < -0.4 is 4.90 Å². The minimum atomic E-state index is -0.835. The van der Waals surface area contributed by atoms with Gasteiger partial charge >= 0.3 is 5.97 Å². The number of anilines is 1. The number of aryl methyl sites for hydroxylation is 1. The molecule has 0 aliphatic carbocycles. The van der Waals surface area contributed by atoms with Crippen LogP contribution in [0.3, 0.4) is 0 Å². The Hall–Kier alpha value is -1.51. The van der Waals surface area contributed by atoms with Crippen molar-refractivity contribution in [3.8, 4) is 0 Å². The Bertz CT molecular complexity index is 456. The molecular weight excluding hydrogens is 226 g/mol. The molecule has 3 heteroatoms. The molecule has 0 amide bonds. The smallest absolute Gasteiger partial charge is 0.337 e. The van der Waals surface area contributed by atoms with Crippen molar-refractivity contribution < 1.29 is 9.90 Å². The fourth-order valence-corrected chi connectivity index (χ4v) is 2.59. The number of hydrogen-bond donors (Lipinski definition) is 1. The van der Waals surface area contributed by atoms with Gasteiger partial charge in [0, 0.05) is 13.1 Å². The number of carbonyl (C=O) groups is 1. The summed E-state index contributed by atoms with van der Waals surface area (Å²) in [6.45, 7) is 8.43. The van der Waals surface area contributed by atoms with Crippen molar-refractivity contribution in [3.05, 3.63) is 29.3 Å². The third-order valence-corrected chi connectivity index (χ3v) is 3.90. The SMILES string of the molecule is Cc1cccc(C(=O)O)c1N1CCC(C)(C)CC1. The number of aromatic carboxylic acids is 1. The van der Waals surface area contributed by atoms with Crippen LogP contribution in [0, 0.1) is 12.3 Å². The molecule has 0 atom stereocenters. The molecule has 3 nitrogen and oxygen atoms in total. The van der Waals surface area contributed by atoms with Crippen molar-refractivity contribution >= 4 is 11.7 Å².